The van der Waals surface area contributed by atoms with Crippen LogP contribution < -0.4 is 4.72 Å². The monoisotopic (exact) mass is 305 g/mol. The summed E-state index contributed by atoms with van der Waals surface area (Å²) in [6.45, 7) is 1.70. The number of hydrogen-bond acceptors (Lipinski definition) is 4. The standard InChI is InChI=1S/C12H16FNO5S/c1-8(15)3-2-6-14-20(18,19)9-4-5-11(13)10(7-9)12(16)17/h4-5,7-8,14-15H,2-3,6H2,1H3,(H,16,17). The summed E-state index contributed by atoms with van der Waals surface area (Å²) < 4.78 is 39.2. The van der Waals surface area contributed by atoms with Crippen molar-refractivity contribution in [2.75, 3.05) is 6.54 Å². The largest absolute Gasteiger partial charge is 0.478 e. The highest BCUT2D eigenvalue weighted by Gasteiger charge is 2.18. The van der Waals surface area contributed by atoms with Crippen LogP contribution in [0.25, 0.3) is 0 Å². The maximum Gasteiger partial charge on any atom is 0.338 e. The van der Waals surface area contributed by atoms with Crippen LogP contribution in [-0.2, 0) is 10.0 Å². The van der Waals surface area contributed by atoms with Gasteiger partial charge in [-0.1, -0.05) is 0 Å². The summed E-state index contributed by atoms with van der Waals surface area (Å²) in [6.07, 6.45) is 0.347. The van der Waals surface area contributed by atoms with E-state index in [9.17, 15) is 17.6 Å². The first kappa shape index (κ1) is 16.5. The molecule has 0 aliphatic heterocycles. The summed E-state index contributed by atoms with van der Waals surface area (Å²) in [5, 5.41) is 17.8. The van der Waals surface area contributed by atoms with Crippen LogP contribution in [-0.4, -0.2) is 37.2 Å². The molecule has 0 aliphatic rings. The second kappa shape index (κ2) is 6.78. The number of carbonyl (C=O) groups is 1. The number of halogens is 1. The predicted octanol–water partition coefficient (Wildman–Crippen LogP) is 0.963. The second-order valence-corrected chi connectivity index (χ2v) is 6.10. The van der Waals surface area contributed by atoms with E-state index in [1.54, 1.807) is 6.92 Å². The van der Waals surface area contributed by atoms with Gasteiger partial charge in [-0.25, -0.2) is 22.3 Å². The third-order valence-corrected chi connectivity index (χ3v) is 4.03. The smallest absolute Gasteiger partial charge is 0.338 e. The molecule has 8 heteroatoms. The van der Waals surface area contributed by atoms with Crippen molar-refractivity contribution >= 4 is 16.0 Å². The van der Waals surface area contributed by atoms with Gasteiger partial charge in [0.25, 0.3) is 0 Å². The van der Waals surface area contributed by atoms with Crippen molar-refractivity contribution in [3.8, 4) is 0 Å². The Labute approximate surface area is 116 Å². The van der Waals surface area contributed by atoms with E-state index in [4.69, 9.17) is 10.2 Å². The van der Waals surface area contributed by atoms with Crippen molar-refractivity contribution in [1.82, 2.24) is 4.72 Å². The lowest BCUT2D eigenvalue weighted by Gasteiger charge is -2.08. The SMILES string of the molecule is CC(O)CCCNS(=O)(=O)c1ccc(F)c(C(=O)O)c1. The first-order chi connectivity index (χ1) is 9.24. The van der Waals surface area contributed by atoms with Gasteiger partial charge in [0.05, 0.1) is 16.6 Å². The highest BCUT2D eigenvalue weighted by atomic mass is 32.2. The van der Waals surface area contributed by atoms with Crippen LogP contribution in [0, 0.1) is 5.82 Å². The van der Waals surface area contributed by atoms with E-state index in [0.717, 1.165) is 18.2 Å². The lowest BCUT2D eigenvalue weighted by molar-refractivity contribution is 0.0691. The molecule has 0 spiro atoms. The molecule has 1 atom stereocenters. The fourth-order valence-electron chi connectivity index (χ4n) is 1.52. The van der Waals surface area contributed by atoms with Crippen LogP contribution in [0.5, 0.6) is 0 Å². The molecule has 1 aromatic carbocycles. The molecule has 0 heterocycles. The zero-order chi connectivity index (χ0) is 15.3. The zero-order valence-electron chi connectivity index (χ0n) is 10.8. The Kier molecular flexibility index (Phi) is 5.61. The van der Waals surface area contributed by atoms with Gasteiger partial charge < -0.3 is 10.2 Å². The number of aromatic carboxylic acids is 1. The zero-order valence-corrected chi connectivity index (χ0v) is 11.7. The first-order valence-electron chi connectivity index (χ1n) is 5.94. The summed E-state index contributed by atoms with van der Waals surface area (Å²) in [5.74, 6) is -2.53. The highest BCUT2D eigenvalue weighted by Crippen LogP contribution is 2.15. The number of nitrogens with one attached hydrogen (secondary N) is 1. The molecule has 6 nitrogen and oxygen atoms in total. The van der Waals surface area contributed by atoms with Crippen molar-refractivity contribution < 1.29 is 27.8 Å². The number of sulfonamides is 1. The van der Waals surface area contributed by atoms with Gasteiger partial charge in [-0.3, -0.25) is 0 Å². The minimum atomic E-state index is -3.89. The van der Waals surface area contributed by atoms with Gasteiger partial charge in [0.2, 0.25) is 10.0 Å². The summed E-state index contributed by atoms with van der Waals surface area (Å²) in [7, 11) is -3.89. The van der Waals surface area contributed by atoms with E-state index in [2.05, 4.69) is 4.72 Å². The quantitative estimate of drug-likeness (QED) is 0.651. The maximum atomic E-state index is 13.2. The van der Waals surface area contributed by atoms with E-state index >= 15 is 0 Å². The Balaban J connectivity index is 2.82. The van der Waals surface area contributed by atoms with Crippen LogP contribution in [0.1, 0.15) is 30.1 Å². The Hall–Kier alpha value is -1.51. The van der Waals surface area contributed by atoms with Gasteiger partial charge in [-0.05, 0) is 38.0 Å². The van der Waals surface area contributed by atoms with Crippen LogP contribution in [0.15, 0.2) is 23.1 Å². The number of carboxylic acids is 1. The Morgan fingerprint density at radius 2 is 2.10 bits per heavy atom. The second-order valence-electron chi connectivity index (χ2n) is 4.34. The summed E-state index contributed by atoms with van der Waals surface area (Å²) in [6, 6.07) is 2.57. The van der Waals surface area contributed by atoms with Crippen LogP contribution in [0.3, 0.4) is 0 Å². The van der Waals surface area contributed by atoms with Crippen molar-refractivity contribution in [1.29, 1.82) is 0 Å². The molecule has 112 valence electrons. The van der Waals surface area contributed by atoms with Gasteiger partial charge in [0.1, 0.15) is 5.82 Å². The number of rotatable bonds is 7. The van der Waals surface area contributed by atoms with Crippen LogP contribution >= 0.6 is 0 Å². The molecule has 0 saturated carbocycles. The minimum absolute atomic E-state index is 0.104. The first-order valence-corrected chi connectivity index (χ1v) is 7.43. The van der Waals surface area contributed by atoms with Crippen LogP contribution in [0.2, 0.25) is 0 Å². The van der Waals surface area contributed by atoms with E-state index in [1.165, 1.54) is 0 Å². The average molecular weight is 305 g/mol. The number of hydrogen-bond donors (Lipinski definition) is 3. The molecule has 0 amide bonds. The summed E-state index contributed by atoms with van der Waals surface area (Å²) >= 11 is 0. The van der Waals surface area contributed by atoms with E-state index in [0.29, 0.717) is 12.8 Å². The summed E-state index contributed by atoms with van der Waals surface area (Å²) in [4.78, 5) is 10.4. The highest BCUT2D eigenvalue weighted by molar-refractivity contribution is 7.89. The lowest BCUT2D eigenvalue weighted by Crippen LogP contribution is -2.25. The number of aliphatic hydroxyl groups excluding tert-OH is 1. The molecule has 0 fully saturated rings. The van der Waals surface area contributed by atoms with Crippen molar-refractivity contribution in [2.45, 2.75) is 30.8 Å². The fraction of sp³-hybridized carbons (Fsp3) is 0.417. The van der Waals surface area contributed by atoms with Gasteiger partial charge >= 0.3 is 5.97 Å². The molecule has 20 heavy (non-hydrogen) atoms. The van der Waals surface area contributed by atoms with Gasteiger partial charge in [0, 0.05) is 6.54 Å². The third kappa shape index (κ3) is 4.55. The number of carboxylic acid groups (broad SMARTS) is 1. The molecule has 1 aromatic rings. The van der Waals surface area contributed by atoms with Crippen LogP contribution in [0.4, 0.5) is 4.39 Å². The normalized spacial score (nSPS) is 13.2. The predicted molar refractivity (Wildman–Crippen MR) is 69.5 cm³/mol. The molecular formula is C12H16FNO5S. The molecule has 0 bridgehead atoms. The van der Waals surface area contributed by atoms with Crippen molar-refractivity contribution in [2.24, 2.45) is 0 Å². The Morgan fingerprint density at radius 1 is 1.45 bits per heavy atom. The van der Waals surface area contributed by atoms with Gasteiger partial charge in [-0.15, -0.1) is 0 Å². The number of benzene rings is 1. The molecule has 1 rings (SSSR count). The number of aliphatic hydroxyl groups is 1. The maximum absolute atomic E-state index is 13.2. The van der Waals surface area contributed by atoms with E-state index in [1.807, 2.05) is 0 Å². The fourth-order valence-corrected chi connectivity index (χ4v) is 2.62. The third-order valence-electron chi connectivity index (χ3n) is 2.57. The lowest BCUT2D eigenvalue weighted by atomic mass is 10.2. The summed E-state index contributed by atoms with van der Waals surface area (Å²) in [5.41, 5.74) is -0.697. The van der Waals surface area contributed by atoms with Gasteiger partial charge in [-0.2, -0.15) is 0 Å². The van der Waals surface area contributed by atoms with E-state index in [-0.39, 0.29) is 11.4 Å². The molecular weight excluding hydrogens is 289 g/mol. The van der Waals surface area contributed by atoms with Gasteiger partial charge in [0.15, 0.2) is 0 Å². The Bertz CT molecular complexity index is 586. The van der Waals surface area contributed by atoms with Crippen molar-refractivity contribution in [3.63, 3.8) is 0 Å². The molecule has 1 unspecified atom stereocenters. The average Bonchev–Trinajstić information content (AvgIpc) is 2.34. The molecule has 0 radical (unpaired) electrons. The molecule has 0 aliphatic carbocycles. The topological polar surface area (TPSA) is 104 Å². The molecule has 0 aromatic heterocycles. The van der Waals surface area contributed by atoms with E-state index < -0.39 is 33.5 Å². The minimum Gasteiger partial charge on any atom is -0.478 e. The Morgan fingerprint density at radius 3 is 2.65 bits per heavy atom. The molecule has 3 N–H and O–H groups in total. The van der Waals surface area contributed by atoms with Crippen molar-refractivity contribution in [3.05, 3.63) is 29.6 Å². The molecule has 0 saturated heterocycles.